The van der Waals surface area contributed by atoms with Gasteiger partial charge in [-0.2, -0.15) is 0 Å². The molecule has 0 atom stereocenters. The van der Waals surface area contributed by atoms with Crippen molar-refractivity contribution < 1.29 is 0 Å². The van der Waals surface area contributed by atoms with Gasteiger partial charge in [0.15, 0.2) is 0 Å². The van der Waals surface area contributed by atoms with Crippen molar-refractivity contribution >= 4 is 27.7 Å². The van der Waals surface area contributed by atoms with Crippen LogP contribution in [-0.2, 0) is 6.42 Å². The number of benzene rings is 3. The van der Waals surface area contributed by atoms with E-state index in [1.807, 2.05) is 24.4 Å². The minimum absolute atomic E-state index is 0.891. The highest BCUT2D eigenvalue weighted by Gasteiger charge is 2.22. The molecule has 1 heterocycles. The van der Waals surface area contributed by atoms with Gasteiger partial charge >= 0.3 is 0 Å². The normalized spacial score (nSPS) is 15.0. The summed E-state index contributed by atoms with van der Waals surface area (Å²) in [4.78, 5) is 9.01. The first kappa shape index (κ1) is 18.1. The molecule has 0 bridgehead atoms. The maximum Gasteiger partial charge on any atom is 0.0912 e. The van der Waals surface area contributed by atoms with Crippen molar-refractivity contribution in [1.29, 1.82) is 0 Å². The molecule has 2 aliphatic rings. The number of rotatable bonds is 3. The van der Waals surface area contributed by atoms with Gasteiger partial charge in [0.1, 0.15) is 0 Å². The Hall–Kier alpha value is -3.72. The van der Waals surface area contributed by atoms with Gasteiger partial charge < -0.3 is 5.32 Å². The lowest BCUT2D eigenvalue weighted by atomic mass is 9.79. The summed E-state index contributed by atoms with van der Waals surface area (Å²) in [6.45, 7) is 0. The van der Waals surface area contributed by atoms with E-state index in [0.717, 1.165) is 48.3 Å². The smallest absolute Gasteiger partial charge is 0.0912 e. The number of para-hydroxylation sites is 1. The zero-order chi connectivity index (χ0) is 20.6. The molecule has 0 unspecified atom stereocenters. The van der Waals surface area contributed by atoms with E-state index in [9.17, 15) is 0 Å². The van der Waals surface area contributed by atoms with Crippen molar-refractivity contribution in [2.24, 2.45) is 0 Å². The Kier molecular flexibility index (Phi) is 4.38. The van der Waals surface area contributed by atoms with Gasteiger partial charge in [0, 0.05) is 29.3 Å². The predicted octanol–water partition coefficient (Wildman–Crippen LogP) is 7.09. The average molecular weight is 402 g/mol. The van der Waals surface area contributed by atoms with Crippen LogP contribution in [0.2, 0.25) is 0 Å². The quantitative estimate of drug-likeness (QED) is 0.398. The lowest BCUT2D eigenvalue weighted by molar-refractivity contribution is 0.904. The largest absolute Gasteiger partial charge is 0.355 e. The Balaban J connectivity index is 1.58. The second-order valence-electron chi connectivity index (χ2n) is 8.20. The molecule has 0 radical (unpaired) electrons. The number of hydrogen-bond acceptors (Lipinski definition) is 3. The van der Waals surface area contributed by atoms with Crippen LogP contribution in [0, 0.1) is 0 Å². The maximum atomic E-state index is 4.66. The third-order valence-corrected chi connectivity index (χ3v) is 6.42. The summed E-state index contributed by atoms with van der Waals surface area (Å²) in [5.41, 5.74) is 10.1. The first-order chi connectivity index (χ1) is 15.4. The third-order valence-electron chi connectivity index (χ3n) is 6.42. The van der Waals surface area contributed by atoms with E-state index in [1.165, 1.54) is 33.0 Å². The van der Waals surface area contributed by atoms with Crippen LogP contribution in [-0.4, -0.2) is 9.97 Å². The second-order valence-corrected chi connectivity index (χ2v) is 8.20. The van der Waals surface area contributed by atoms with Crippen molar-refractivity contribution in [2.45, 2.75) is 25.7 Å². The van der Waals surface area contributed by atoms with Crippen LogP contribution in [0.1, 0.15) is 30.4 Å². The van der Waals surface area contributed by atoms with Gasteiger partial charge in [-0.25, -0.2) is 0 Å². The van der Waals surface area contributed by atoms with E-state index in [-0.39, 0.29) is 0 Å². The lowest BCUT2D eigenvalue weighted by Gasteiger charge is -2.26. The summed E-state index contributed by atoms with van der Waals surface area (Å²) in [5, 5.41) is 6.17. The van der Waals surface area contributed by atoms with E-state index < -0.39 is 0 Å². The molecule has 1 aromatic heterocycles. The first-order valence-corrected chi connectivity index (χ1v) is 10.9. The Morgan fingerprint density at radius 2 is 1.71 bits per heavy atom. The fourth-order valence-corrected chi connectivity index (χ4v) is 5.02. The molecule has 6 rings (SSSR count). The molecule has 0 spiro atoms. The van der Waals surface area contributed by atoms with E-state index in [1.54, 1.807) is 12.4 Å². The molecular formula is C28H23N3. The topological polar surface area (TPSA) is 37.8 Å². The zero-order valence-corrected chi connectivity index (χ0v) is 17.3. The van der Waals surface area contributed by atoms with Gasteiger partial charge in [0.05, 0.1) is 11.9 Å². The van der Waals surface area contributed by atoms with Gasteiger partial charge in [0.2, 0.25) is 0 Å². The van der Waals surface area contributed by atoms with E-state index in [0.29, 0.717) is 0 Å². The number of aromatic nitrogens is 2. The van der Waals surface area contributed by atoms with Gasteiger partial charge in [-0.3, -0.25) is 9.97 Å². The van der Waals surface area contributed by atoms with Crippen molar-refractivity contribution in [3.8, 4) is 11.3 Å². The zero-order valence-electron chi connectivity index (χ0n) is 17.3. The summed E-state index contributed by atoms with van der Waals surface area (Å²) in [7, 11) is 0. The van der Waals surface area contributed by atoms with E-state index in [2.05, 4.69) is 63.8 Å². The van der Waals surface area contributed by atoms with Gasteiger partial charge in [0.25, 0.3) is 0 Å². The van der Waals surface area contributed by atoms with Crippen LogP contribution in [0.15, 0.2) is 90.9 Å². The van der Waals surface area contributed by atoms with Crippen LogP contribution >= 0.6 is 0 Å². The van der Waals surface area contributed by atoms with E-state index >= 15 is 0 Å². The monoisotopic (exact) mass is 401 g/mol. The number of fused-ring (bicyclic) bond motifs is 4. The SMILES string of the molecule is C1=CC2=C(CC1)c1ccc3c(-c4cnccn4)c(Nc4ccccc4)ccc3c1CC2. The minimum atomic E-state index is 0.891. The third kappa shape index (κ3) is 3.14. The number of allylic oxidation sites excluding steroid dienone is 4. The fourth-order valence-electron chi connectivity index (χ4n) is 5.02. The standard InChI is InChI=1S/C28H23N3/c1-2-7-20(8-3-1)31-26-15-14-24-23-11-10-19-6-4-5-9-21(19)22(23)12-13-25(24)28(26)27-18-29-16-17-30-27/h1-4,6-8,12-18,31H,5,9-11H2. The molecule has 150 valence electrons. The molecule has 31 heavy (non-hydrogen) atoms. The van der Waals surface area contributed by atoms with Crippen molar-refractivity contribution in [1.82, 2.24) is 9.97 Å². The van der Waals surface area contributed by atoms with Crippen LogP contribution in [0.4, 0.5) is 11.4 Å². The van der Waals surface area contributed by atoms with Crippen LogP contribution in [0.25, 0.3) is 27.6 Å². The summed E-state index contributed by atoms with van der Waals surface area (Å²) in [6.07, 6.45) is 14.5. The van der Waals surface area contributed by atoms with Crippen LogP contribution in [0.3, 0.4) is 0 Å². The number of anilines is 2. The van der Waals surface area contributed by atoms with Crippen molar-refractivity contribution in [3.63, 3.8) is 0 Å². The highest BCUT2D eigenvalue weighted by Crippen LogP contribution is 2.43. The van der Waals surface area contributed by atoms with Gasteiger partial charge in [-0.05, 0) is 76.9 Å². The Bertz CT molecular complexity index is 1340. The first-order valence-electron chi connectivity index (χ1n) is 10.9. The molecule has 2 aliphatic carbocycles. The predicted molar refractivity (Wildman–Crippen MR) is 128 cm³/mol. The highest BCUT2D eigenvalue weighted by molar-refractivity contribution is 6.05. The Labute approximate surface area is 182 Å². The highest BCUT2D eigenvalue weighted by atomic mass is 14.9. The average Bonchev–Trinajstić information content (AvgIpc) is 2.84. The van der Waals surface area contributed by atoms with Crippen LogP contribution < -0.4 is 5.32 Å². The number of nitrogens with zero attached hydrogens (tertiary/aromatic N) is 2. The van der Waals surface area contributed by atoms with Crippen LogP contribution in [0.5, 0.6) is 0 Å². The molecule has 4 aromatic rings. The van der Waals surface area contributed by atoms with Gasteiger partial charge in [-0.1, -0.05) is 48.6 Å². The Morgan fingerprint density at radius 1 is 0.806 bits per heavy atom. The second kappa shape index (κ2) is 7.51. The molecule has 0 saturated carbocycles. The molecule has 0 amide bonds. The summed E-state index contributed by atoms with van der Waals surface area (Å²) in [5.74, 6) is 0. The molecule has 0 fully saturated rings. The summed E-state index contributed by atoms with van der Waals surface area (Å²) in [6, 6.07) is 19.4. The molecule has 3 heteroatoms. The van der Waals surface area contributed by atoms with Crippen molar-refractivity contribution in [2.75, 3.05) is 5.32 Å². The molecule has 3 aromatic carbocycles. The lowest BCUT2D eigenvalue weighted by Crippen LogP contribution is -2.07. The number of hydrogen-bond donors (Lipinski definition) is 1. The number of aryl methyl sites for hydroxylation is 1. The summed E-state index contributed by atoms with van der Waals surface area (Å²) >= 11 is 0. The molecule has 0 saturated heterocycles. The molecular weight excluding hydrogens is 378 g/mol. The fraction of sp³-hybridized carbons (Fsp3) is 0.143. The minimum Gasteiger partial charge on any atom is -0.355 e. The summed E-state index contributed by atoms with van der Waals surface area (Å²) < 4.78 is 0. The molecule has 1 N–H and O–H groups in total. The van der Waals surface area contributed by atoms with Crippen molar-refractivity contribution in [3.05, 3.63) is 102 Å². The number of nitrogens with one attached hydrogen (secondary N) is 1. The Morgan fingerprint density at radius 3 is 2.58 bits per heavy atom. The van der Waals surface area contributed by atoms with Gasteiger partial charge in [-0.15, -0.1) is 0 Å². The maximum absolute atomic E-state index is 4.66. The molecule has 0 aliphatic heterocycles. The molecule has 3 nitrogen and oxygen atoms in total. The van der Waals surface area contributed by atoms with E-state index in [4.69, 9.17) is 0 Å².